The molecule has 1 aromatic heterocycles. The molecule has 4 N–H and O–H groups in total. The van der Waals surface area contributed by atoms with Crippen molar-refractivity contribution in [3.05, 3.63) is 30.5 Å². The second-order valence-electron chi connectivity index (χ2n) is 6.56. The van der Waals surface area contributed by atoms with Crippen LogP contribution in [0.25, 0.3) is 10.9 Å². The van der Waals surface area contributed by atoms with E-state index in [2.05, 4.69) is 10.6 Å². The summed E-state index contributed by atoms with van der Waals surface area (Å²) in [7, 11) is 0. The molecule has 0 spiro atoms. The van der Waals surface area contributed by atoms with Gasteiger partial charge >= 0.3 is 5.97 Å². The van der Waals surface area contributed by atoms with Crippen molar-refractivity contribution in [3.63, 3.8) is 0 Å². The van der Waals surface area contributed by atoms with E-state index in [1.807, 2.05) is 26.0 Å². The molecule has 0 saturated heterocycles. The lowest BCUT2D eigenvalue weighted by Crippen LogP contribution is -2.46. The van der Waals surface area contributed by atoms with Crippen LogP contribution >= 0.6 is 12.4 Å². The van der Waals surface area contributed by atoms with E-state index in [9.17, 15) is 14.4 Å². The van der Waals surface area contributed by atoms with Crippen molar-refractivity contribution >= 4 is 46.8 Å². The van der Waals surface area contributed by atoms with Gasteiger partial charge in [-0.2, -0.15) is 0 Å². The van der Waals surface area contributed by atoms with Gasteiger partial charge in [-0.25, -0.2) is 0 Å². The molecule has 0 unspecified atom stereocenters. The van der Waals surface area contributed by atoms with E-state index in [1.165, 1.54) is 0 Å². The molecule has 2 aromatic rings. The first kappa shape index (κ1) is 23.5. The predicted octanol–water partition coefficient (Wildman–Crippen LogP) is 1.66. The van der Waals surface area contributed by atoms with Crippen molar-refractivity contribution in [2.75, 3.05) is 18.5 Å². The number of carbonyl (C=O) groups is 3. The molecule has 1 atom stereocenters. The van der Waals surface area contributed by atoms with Gasteiger partial charge in [0, 0.05) is 22.8 Å². The fourth-order valence-electron chi connectivity index (χ4n) is 2.55. The third kappa shape index (κ3) is 6.24. The first-order valence-corrected chi connectivity index (χ1v) is 8.89. The Morgan fingerprint density at radius 2 is 1.93 bits per heavy atom. The maximum atomic E-state index is 12.0. The SMILES string of the molecule is CCOC(=O)Cn1ccc2cc(NC(=O)CNC(=O)[C@@H](N)C(C)C)ccc21.Cl. The van der Waals surface area contributed by atoms with Crippen LogP contribution < -0.4 is 16.4 Å². The summed E-state index contributed by atoms with van der Waals surface area (Å²) in [6.07, 6.45) is 1.79. The highest BCUT2D eigenvalue weighted by molar-refractivity contribution is 5.97. The molecule has 0 aliphatic carbocycles. The van der Waals surface area contributed by atoms with E-state index < -0.39 is 6.04 Å². The zero-order valence-electron chi connectivity index (χ0n) is 16.2. The van der Waals surface area contributed by atoms with Gasteiger partial charge in [-0.1, -0.05) is 13.8 Å². The fraction of sp³-hybridized carbons (Fsp3) is 0.421. The van der Waals surface area contributed by atoms with Crippen molar-refractivity contribution in [2.24, 2.45) is 11.7 Å². The highest BCUT2D eigenvalue weighted by Crippen LogP contribution is 2.20. The number of esters is 1. The summed E-state index contributed by atoms with van der Waals surface area (Å²) in [4.78, 5) is 35.5. The molecule has 8 nitrogen and oxygen atoms in total. The van der Waals surface area contributed by atoms with Gasteiger partial charge in [-0.15, -0.1) is 12.4 Å². The van der Waals surface area contributed by atoms with Gasteiger partial charge in [0.2, 0.25) is 11.8 Å². The number of hydrogen-bond acceptors (Lipinski definition) is 5. The van der Waals surface area contributed by atoms with Crippen LogP contribution in [0.2, 0.25) is 0 Å². The number of ether oxygens (including phenoxy) is 1. The Hall–Kier alpha value is -2.58. The molecule has 0 saturated carbocycles. The molecule has 1 aromatic carbocycles. The summed E-state index contributed by atoms with van der Waals surface area (Å²) < 4.78 is 6.74. The Labute approximate surface area is 170 Å². The number of benzene rings is 1. The van der Waals surface area contributed by atoms with Crippen LogP contribution in [0.1, 0.15) is 20.8 Å². The lowest BCUT2D eigenvalue weighted by molar-refractivity contribution is -0.143. The van der Waals surface area contributed by atoms with E-state index in [-0.39, 0.29) is 49.2 Å². The monoisotopic (exact) mass is 410 g/mol. The minimum absolute atomic E-state index is 0. The Bertz CT molecular complexity index is 834. The van der Waals surface area contributed by atoms with Gasteiger partial charge in [0.1, 0.15) is 6.54 Å². The van der Waals surface area contributed by atoms with E-state index in [0.29, 0.717) is 12.3 Å². The lowest BCUT2D eigenvalue weighted by atomic mass is 10.1. The topological polar surface area (TPSA) is 115 Å². The van der Waals surface area contributed by atoms with Crippen LogP contribution in [0.3, 0.4) is 0 Å². The minimum atomic E-state index is -0.645. The van der Waals surface area contributed by atoms with Gasteiger partial charge < -0.3 is 25.7 Å². The van der Waals surface area contributed by atoms with Crippen molar-refractivity contribution in [1.29, 1.82) is 0 Å². The molecule has 154 valence electrons. The number of fused-ring (bicyclic) bond motifs is 1. The standard InChI is InChI=1S/C19H26N4O4.ClH/c1-4-27-17(25)11-23-8-7-13-9-14(5-6-15(13)23)22-16(24)10-21-19(26)18(20)12(2)3;/h5-9,12,18H,4,10-11,20H2,1-3H3,(H,21,26)(H,22,24);1H/t18-;/m0./s1. The molecule has 28 heavy (non-hydrogen) atoms. The number of amides is 2. The van der Waals surface area contributed by atoms with E-state index >= 15 is 0 Å². The number of aromatic nitrogens is 1. The molecular weight excluding hydrogens is 384 g/mol. The van der Waals surface area contributed by atoms with E-state index in [0.717, 1.165) is 10.9 Å². The maximum absolute atomic E-state index is 12.0. The van der Waals surface area contributed by atoms with E-state index in [4.69, 9.17) is 10.5 Å². The Balaban J connectivity index is 0.00000392. The average molecular weight is 411 g/mol. The summed E-state index contributed by atoms with van der Waals surface area (Å²) in [6.45, 7) is 5.76. The van der Waals surface area contributed by atoms with Gasteiger partial charge in [0.05, 0.1) is 19.2 Å². The average Bonchev–Trinajstić information content (AvgIpc) is 3.01. The molecule has 0 aliphatic heterocycles. The summed E-state index contributed by atoms with van der Waals surface area (Å²) in [5, 5.41) is 6.14. The van der Waals surface area contributed by atoms with Gasteiger partial charge in [-0.3, -0.25) is 14.4 Å². The first-order valence-electron chi connectivity index (χ1n) is 8.89. The van der Waals surface area contributed by atoms with Crippen LogP contribution in [0.15, 0.2) is 30.5 Å². The number of hydrogen-bond donors (Lipinski definition) is 3. The molecule has 0 bridgehead atoms. The number of carbonyl (C=O) groups excluding carboxylic acids is 3. The van der Waals surface area contributed by atoms with Crippen LogP contribution in [-0.4, -0.2) is 41.5 Å². The third-order valence-electron chi connectivity index (χ3n) is 4.10. The number of halogens is 1. The van der Waals surface area contributed by atoms with Crippen molar-refractivity contribution in [2.45, 2.75) is 33.4 Å². The van der Waals surface area contributed by atoms with Crippen molar-refractivity contribution < 1.29 is 19.1 Å². The van der Waals surface area contributed by atoms with Crippen LogP contribution in [0, 0.1) is 5.92 Å². The molecule has 0 aliphatic rings. The Morgan fingerprint density at radius 3 is 2.57 bits per heavy atom. The molecule has 0 radical (unpaired) electrons. The number of nitrogens with two attached hydrogens (primary N) is 1. The number of anilines is 1. The Morgan fingerprint density at radius 1 is 1.21 bits per heavy atom. The van der Waals surface area contributed by atoms with Gasteiger partial charge in [-0.05, 0) is 37.1 Å². The fourth-order valence-corrected chi connectivity index (χ4v) is 2.55. The zero-order valence-corrected chi connectivity index (χ0v) is 17.0. The largest absolute Gasteiger partial charge is 0.465 e. The summed E-state index contributed by atoms with van der Waals surface area (Å²) >= 11 is 0. The highest BCUT2D eigenvalue weighted by atomic mass is 35.5. The molecule has 2 rings (SSSR count). The second kappa shape index (κ2) is 10.7. The van der Waals surface area contributed by atoms with Crippen molar-refractivity contribution in [1.82, 2.24) is 9.88 Å². The Kier molecular flexibility index (Phi) is 8.94. The maximum Gasteiger partial charge on any atom is 0.325 e. The van der Waals surface area contributed by atoms with E-state index in [1.54, 1.807) is 29.8 Å². The third-order valence-corrected chi connectivity index (χ3v) is 4.10. The van der Waals surface area contributed by atoms with Crippen LogP contribution in [0.4, 0.5) is 5.69 Å². The number of nitrogens with zero attached hydrogens (tertiary/aromatic N) is 1. The lowest BCUT2D eigenvalue weighted by Gasteiger charge is -2.15. The molecule has 2 amide bonds. The molecular formula is C19H27ClN4O4. The number of rotatable bonds is 8. The molecule has 1 heterocycles. The summed E-state index contributed by atoms with van der Waals surface area (Å²) in [5.41, 5.74) is 7.20. The predicted molar refractivity (Wildman–Crippen MR) is 110 cm³/mol. The van der Waals surface area contributed by atoms with Crippen molar-refractivity contribution in [3.8, 4) is 0 Å². The zero-order chi connectivity index (χ0) is 20.0. The van der Waals surface area contributed by atoms with Crippen LogP contribution in [0.5, 0.6) is 0 Å². The summed E-state index contributed by atoms with van der Waals surface area (Å²) in [6, 6.07) is 6.57. The normalized spacial score (nSPS) is 11.6. The minimum Gasteiger partial charge on any atom is -0.465 e. The number of nitrogens with one attached hydrogen (secondary N) is 2. The highest BCUT2D eigenvalue weighted by Gasteiger charge is 2.17. The van der Waals surface area contributed by atoms with Gasteiger partial charge in [0.25, 0.3) is 0 Å². The second-order valence-corrected chi connectivity index (χ2v) is 6.56. The van der Waals surface area contributed by atoms with Crippen LogP contribution in [-0.2, 0) is 25.7 Å². The quantitative estimate of drug-likeness (QED) is 0.572. The first-order chi connectivity index (χ1) is 12.8. The smallest absolute Gasteiger partial charge is 0.325 e. The molecule has 0 fully saturated rings. The van der Waals surface area contributed by atoms with Gasteiger partial charge in [0.15, 0.2) is 0 Å². The summed E-state index contributed by atoms with van der Waals surface area (Å²) in [5.74, 6) is -1.01. The molecule has 9 heteroatoms.